The first kappa shape index (κ1) is 17.0. The first-order chi connectivity index (χ1) is 13.1. The Labute approximate surface area is 157 Å². The van der Waals surface area contributed by atoms with Gasteiger partial charge in [0.05, 0.1) is 11.7 Å². The number of aromatic nitrogens is 4. The molecular weight excluding hydrogens is 336 g/mol. The summed E-state index contributed by atoms with van der Waals surface area (Å²) in [5, 5.41) is 0. The monoisotopic (exact) mass is 358 g/mol. The molecule has 0 spiro atoms. The van der Waals surface area contributed by atoms with E-state index in [9.17, 15) is 0 Å². The second kappa shape index (κ2) is 6.72. The quantitative estimate of drug-likeness (QED) is 0.575. The number of aryl methyl sites for hydroxylation is 1. The Kier molecular flexibility index (Phi) is 4.24. The number of nitrogen functional groups attached to an aromatic ring is 2. The molecule has 6 nitrogen and oxygen atoms in total. The van der Waals surface area contributed by atoms with Gasteiger partial charge in [-0.1, -0.05) is 37.3 Å². The Morgan fingerprint density at radius 2 is 1.63 bits per heavy atom. The Morgan fingerprint density at radius 1 is 0.926 bits per heavy atom. The highest BCUT2D eigenvalue weighted by Gasteiger charge is 2.19. The largest absolute Gasteiger partial charge is 0.384 e. The summed E-state index contributed by atoms with van der Waals surface area (Å²) in [4.78, 5) is 13.7. The van der Waals surface area contributed by atoms with Gasteiger partial charge in [0.25, 0.3) is 0 Å². The second-order valence-corrected chi connectivity index (χ2v) is 6.61. The minimum atomic E-state index is 0.173. The predicted octanol–water partition coefficient (Wildman–Crippen LogP) is 3.97. The van der Waals surface area contributed by atoms with E-state index >= 15 is 0 Å². The molecule has 4 N–H and O–H groups in total. The van der Waals surface area contributed by atoms with Crippen molar-refractivity contribution in [1.82, 2.24) is 19.5 Å². The summed E-state index contributed by atoms with van der Waals surface area (Å²) in [6.45, 7) is 4.20. The molecule has 3 aromatic heterocycles. The van der Waals surface area contributed by atoms with Crippen molar-refractivity contribution in [2.45, 2.75) is 26.3 Å². The van der Waals surface area contributed by atoms with Gasteiger partial charge in [0.2, 0.25) is 0 Å². The van der Waals surface area contributed by atoms with Crippen LogP contribution >= 0.6 is 0 Å². The Hall–Kier alpha value is -3.41. The van der Waals surface area contributed by atoms with Crippen LogP contribution in [0.25, 0.3) is 22.4 Å². The summed E-state index contributed by atoms with van der Waals surface area (Å²) in [6, 6.07) is 18.1. The molecule has 1 unspecified atom stereocenters. The predicted molar refractivity (Wildman–Crippen MR) is 109 cm³/mol. The highest BCUT2D eigenvalue weighted by atomic mass is 15.1. The number of imidazole rings is 1. The lowest BCUT2D eigenvalue weighted by atomic mass is 10.0. The van der Waals surface area contributed by atoms with Gasteiger partial charge < -0.3 is 16.0 Å². The third-order valence-electron chi connectivity index (χ3n) is 4.76. The van der Waals surface area contributed by atoms with Gasteiger partial charge in [0.15, 0.2) is 5.65 Å². The standard InChI is InChI=1S/C21H22N6/c1-3-18(14-7-5-4-6-8-14)27-13(2)24-17-10-9-16(25-21(17)27)15-11-19(22)26-20(23)12-15/h4-12,18H,3H2,1-2H3,(H4,22,23,26). The number of nitrogens with zero attached hydrogens (tertiary/aromatic N) is 4. The molecule has 0 aliphatic carbocycles. The summed E-state index contributed by atoms with van der Waals surface area (Å²) in [6.07, 6.45) is 0.942. The molecule has 0 radical (unpaired) electrons. The lowest BCUT2D eigenvalue weighted by molar-refractivity contribution is 0.563. The van der Waals surface area contributed by atoms with Crippen molar-refractivity contribution in [3.63, 3.8) is 0 Å². The van der Waals surface area contributed by atoms with Crippen LogP contribution in [-0.4, -0.2) is 19.5 Å². The second-order valence-electron chi connectivity index (χ2n) is 6.61. The molecule has 1 atom stereocenters. The van der Waals surface area contributed by atoms with Crippen molar-refractivity contribution in [2.24, 2.45) is 0 Å². The van der Waals surface area contributed by atoms with Gasteiger partial charge in [-0.25, -0.2) is 15.0 Å². The van der Waals surface area contributed by atoms with Crippen LogP contribution in [0.5, 0.6) is 0 Å². The van der Waals surface area contributed by atoms with Crippen molar-refractivity contribution in [3.8, 4) is 11.3 Å². The van der Waals surface area contributed by atoms with Gasteiger partial charge in [-0.2, -0.15) is 0 Å². The van der Waals surface area contributed by atoms with E-state index in [1.54, 1.807) is 12.1 Å². The zero-order chi connectivity index (χ0) is 19.0. The lowest BCUT2D eigenvalue weighted by Gasteiger charge is -2.19. The highest BCUT2D eigenvalue weighted by molar-refractivity contribution is 5.77. The lowest BCUT2D eigenvalue weighted by Crippen LogP contribution is -2.12. The number of hydrogen-bond acceptors (Lipinski definition) is 5. The number of rotatable bonds is 4. The zero-order valence-corrected chi connectivity index (χ0v) is 15.4. The van der Waals surface area contributed by atoms with Crippen molar-refractivity contribution >= 4 is 22.8 Å². The summed E-state index contributed by atoms with van der Waals surface area (Å²) >= 11 is 0. The molecule has 0 aliphatic rings. The van der Waals surface area contributed by atoms with Gasteiger partial charge in [-0.3, -0.25) is 0 Å². The maximum absolute atomic E-state index is 5.85. The summed E-state index contributed by atoms with van der Waals surface area (Å²) in [5.41, 5.74) is 16.3. The highest BCUT2D eigenvalue weighted by Crippen LogP contribution is 2.30. The fraction of sp³-hybridized carbons (Fsp3) is 0.190. The Morgan fingerprint density at radius 3 is 2.30 bits per heavy atom. The van der Waals surface area contributed by atoms with E-state index in [0.29, 0.717) is 11.6 Å². The van der Waals surface area contributed by atoms with Crippen molar-refractivity contribution in [1.29, 1.82) is 0 Å². The minimum Gasteiger partial charge on any atom is -0.384 e. The number of nitrogens with two attached hydrogens (primary N) is 2. The van der Waals surface area contributed by atoms with Crippen LogP contribution < -0.4 is 11.5 Å². The van der Waals surface area contributed by atoms with Crippen molar-refractivity contribution in [3.05, 3.63) is 66.0 Å². The molecule has 136 valence electrons. The molecule has 4 aromatic rings. The van der Waals surface area contributed by atoms with Crippen LogP contribution in [0, 0.1) is 6.92 Å². The number of fused-ring (bicyclic) bond motifs is 1. The van der Waals surface area contributed by atoms with Gasteiger partial charge >= 0.3 is 0 Å². The first-order valence-electron chi connectivity index (χ1n) is 9.00. The summed E-state index contributed by atoms with van der Waals surface area (Å²) in [7, 11) is 0. The van der Waals surface area contributed by atoms with Crippen LogP contribution in [0.3, 0.4) is 0 Å². The number of hydrogen-bond donors (Lipinski definition) is 2. The summed E-state index contributed by atoms with van der Waals surface area (Å²) < 4.78 is 2.21. The molecule has 6 heteroatoms. The molecule has 0 aliphatic heterocycles. The zero-order valence-electron chi connectivity index (χ0n) is 15.4. The summed E-state index contributed by atoms with van der Waals surface area (Å²) in [5.74, 6) is 1.71. The number of benzene rings is 1. The van der Waals surface area contributed by atoms with Crippen molar-refractivity contribution in [2.75, 3.05) is 11.5 Å². The maximum Gasteiger partial charge on any atom is 0.161 e. The van der Waals surface area contributed by atoms with Crippen LogP contribution in [0.4, 0.5) is 11.6 Å². The Balaban J connectivity index is 1.90. The van der Waals surface area contributed by atoms with E-state index in [1.807, 2.05) is 25.1 Å². The molecule has 0 saturated heterocycles. The number of pyridine rings is 2. The van der Waals surface area contributed by atoms with E-state index in [1.165, 1.54) is 5.56 Å². The first-order valence-corrected chi connectivity index (χ1v) is 9.00. The molecule has 0 bridgehead atoms. The molecule has 0 fully saturated rings. The fourth-order valence-electron chi connectivity index (χ4n) is 3.59. The van der Waals surface area contributed by atoms with Gasteiger partial charge in [0.1, 0.15) is 23.0 Å². The van der Waals surface area contributed by atoms with Crippen LogP contribution in [0.2, 0.25) is 0 Å². The number of anilines is 2. The molecule has 4 rings (SSSR count). The maximum atomic E-state index is 5.85. The normalized spacial score (nSPS) is 12.4. The smallest absolute Gasteiger partial charge is 0.161 e. The SMILES string of the molecule is CCC(c1ccccc1)n1c(C)nc2ccc(-c3cc(N)nc(N)c3)nc21. The van der Waals surface area contributed by atoms with E-state index in [0.717, 1.165) is 34.7 Å². The van der Waals surface area contributed by atoms with Crippen molar-refractivity contribution < 1.29 is 0 Å². The minimum absolute atomic E-state index is 0.173. The van der Waals surface area contributed by atoms with E-state index in [2.05, 4.69) is 40.7 Å². The molecule has 1 aromatic carbocycles. The average Bonchev–Trinajstić information content (AvgIpc) is 2.98. The topological polar surface area (TPSA) is 95.6 Å². The molecular formula is C21H22N6. The van der Waals surface area contributed by atoms with Gasteiger partial charge in [0, 0.05) is 5.56 Å². The third-order valence-corrected chi connectivity index (χ3v) is 4.76. The van der Waals surface area contributed by atoms with E-state index < -0.39 is 0 Å². The van der Waals surface area contributed by atoms with E-state index in [4.69, 9.17) is 21.4 Å². The van der Waals surface area contributed by atoms with Crippen LogP contribution in [-0.2, 0) is 0 Å². The molecule has 0 saturated carbocycles. The van der Waals surface area contributed by atoms with E-state index in [-0.39, 0.29) is 6.04 Å². The van der Waals surface area contributed by atoms with Crippen LogP contribution in [0.1, 0.15) is 30.8 Å². The third kappa shape index (κ3) is 3.10. The molecule has 27 heavy (non-hydrogen) atoms. The molecule has 3 heterocycles. The fourth-order valence-corrected chi connectivity index (χ4v) is 3.59. The van der Waals surface area contributed by atoms with Gasteiger partial charge in [-0.15, -0.1) is 0 Å². The van der Waals surface area contributed by atoms with Crippen LogP contribution in [0.15, 0.2) is 54.6 Å². The Bertz CT molecular complexity index is 1080. The average molecular weight is 358 g/mol. The molecule has 0 amide bonds. The van der Waals surface area contributed by atoms with Gasteiger partial charge in [-0.05, 0) is 43.2 Å².